The third-order valence-electron chi connectivity index (χ3n) is 4.35. The van der Waals surface area contributed by atoms with Gasteiger partial charge in [-0.25, -0.2) is 8.42 Å². The quantitative estimate of drug-likeness (QED) is 0.807. The Morgan fingerprint density at radius 2 is 2.04 bits per heavy atom. The van der Waals surface area contributed by atoms with Crippen LogP contribution in [0.2, 0.25) is 0 Å². The van der Waals surface area contributed by atoms with Crippen molar-refractivity contribution in [3.8, 4) is 0 Å². The summed E-state index contributed by atoms with van der Waals surface area (Å²) in [6.07, 6.45) is 3.43. The molecule has 0 spiro atoms. The van der Waals surface area contributed by atoms with Crippen LogP contribution in [0, 0.1) is 0 Å². The highest BCUT2D eigenvalue weighted by Crippen LogP contribution is 2.24. The van der Waals surface area contributed by atoms with Crippen LogP contribution in [0.3, 0.4) is 0 Å². The van der Waals surface area contributed by atoms with Crippen LogP contribution in [-0.2, 0) is 10.0 Å². The largest absolute Gasteiger partial charge is 0.342 e. The van der Waals surface area contributed by atoms with Gasteiger partial charge in [-0.05, 0) is 31.4 Å². The molecule has 142 valence electrons. The highest BCUT2D eigenvalue weighted by atomic mass is 35.5. The number of sulfonamides is 1. The van der Waals surface area contributed by atoms with Gasteiger partial charge in [0.2, 0.25) is 10.0 Å². The number of hydrogen-bond acceptors (Lipinski definition) is 4. The number of hydrogen-bond donors (Lipinski definition) is 1. The van der Waals surface area contributed by atoms with Gasteiger partial charge in [0.25, 0.3) is 5.91 Å². The smallest absolute Gasteiger partial charge is 0.254 e. The van der Waals surface area contributed by atoms with E-state index in [4.69, 9.17) is 5.73 Å². The molecule has 2 rings (SSSR count). The molecule has 1 amide bonds. The van der Waals surface area contributed by atoms with E-state index in [9.17, 15) is 13.2 Å². The van der Waals surface area contributed by atoms with Crippen molar-refractivity contribution in [1.82, 2.24) is 9.21 Å². The van der Waals surface area contributed by atoms with Gasteiger partial charge >= 0.3 is 0 Å². The van der Waals surface area contributed by atoms with Crippen molar-refractivity contribution in [2.75, 3.05) is 26.7 Å². The predicted octanol–water partition coefficient (Wildman–Crippen LogP) is 2.09. The van der Waals surface area contributed by atoms with Crippen molar-refractivity contribution in [2.24, 2.45) is 5.73 Å². The van der Waals surface area contributed by atoms with Crippen molar-refractivity contribution in [1.29, 1.82) is 0 Å². The molecule has 0 radical (unpaired) electrons. The van der Waals surface area contributed by atoms with Crippen molar-refractivity contribution in [3.63, 3.8) is 0 Å². The van der Waals surface area contributed by atoms with Crippen molar-refractivity contribution in [3.05, 3.63) is 29.8 Å². The van der Waals surface area contributed by atoms with Crippen molar-refractivity contribution in [2.45, 2.75) is 43.5 Å². The molecule has 25 heavy (non-hydrogen) atoms. The molecule has 6 nitrogen and oxygen atoms in total. The maximum atomic E-state index is 13.0. The summed E-state index contributed by atoms with van der Waals surface area (Å²) in [5.74, 6) is -0.260. The summed E-state index contributed by atoms with van der Waals surface area (Å²) >= 11 is 0. The zero-order valence-corrected chi connectivity index (χ0v) is 16.5. The summed E-state index contributed by atoms with van der Waals surface area (Å²) in [7, 11) is -2.01. The zero-order chi connectivity index (χ0) is 17.7. The molecule has 0 bridgehead atoms. The molecule has 1 unspecified atom stereocenters. The molecule has 1 fully saturated rings. The lowest BCUT2D eigenvalue weighted by molar-refractivity contribution is 0.0789. The number of unbranched alkanes of at least 4 members (excludes halogenated alkanes) is 1. The zero-order valence-electron chi connectivity index (χ0n) is 14.8. The number of benzene rings is 1. The predicted molar refractivity (Wildman–Crippen MR) is 102 cm³/mol. The first-order valence-electron chi connectivity index (χ1n) is 8.48. The van der Waals surface area contributed by atoms with Crippen molar-refractivity contribution < 1.29 is 13.2 Å². The molecule has 1 aliphatic heterocycles. The number of amides is 1. The average molecular weight is 390 g/mol. The molecule has 1 aromatic rings. The fourth-order valence-electron chi connectivity index (χ4n) is 2.90. The Morgan fingerprint density at radius 3 is 2.68 bits per heavy atom. The topological polar surface area (TPSA) is 83.7 Å². The molecular weight excluding hydrogens is 362 g/mol. The van der Waals surface area contributed by atoms with E-state index >= 15 is 0 Å². The van der Waals surface area contributed by atoms with Crippen LogP contribution >= 0.6 is 12.4 Å². The summed E-state index contributed by atoms with van der Waals surface area (Å²) in [6, 6.07) is 6.29. The number of rotatable bonds is 6. The van der Waals surface area contributed by atoms with E-state index in [0.29, 0.717) is 19.6 Å². The second-order valence-corrected chi connectivity index (χ2v) is 8.25. The molecule has 0 saturated carbocycles. The minimum absolute atomic E-state index is 0. The maximum absolute atomic E-state index is 13.0. The highest BCUT2D eigenvalue weighted by molar-refractivity contribution is 7.89. The maximum Gasteiger partial charge on any atom is 0.254 e. The molecule has 1 atom stereocenters. The number of piperidine rings is 1. The van der Waals surface area contributed by atoms with Gasteiger partial charge in [0.1, 0.15) is 0 Å². The van der Waals surface area contributed by atoms with E-state index in [1.165, 1.54) is 10.4 Å². The number of carbonyl (C=O) groups excluding carboxylic acids is 1. The Bertz CT molecular complexity index is 681. The van der Waals surface area contributed by atoms with E-state index < -0.39 is 10.0 Å². The Labute approximate surface area is 156 Å². The summed E-state index contributed by atoms with van der Waals surface area (Å²) in [4.78, 5) is 14.3. The Hall–Kier alpha value is -1.15. The molecule has 1 heterocycles. The number of nitrogens with two attached hydrogens (primary N) is 1. The summed E-state index contributed by atoms with van der Waals surface area (Å²) in [5, 5.41) is 0. The minimum Gasteiger partial charge on any atom is -0.342 e. The minimum atomic E-state index is -3.72. The van der Waals surface area contributed by atoms with Crippen LogP contribution in [0.15, 0.2) is 29.2 Å². The first-order chi connectivity index (χ1) is 11.4. The Morgan fingerprint density at radius 1 is 1.36 bits per heavy atom. The number of nitrogens with zero attached hydrogens (tertiary/aromatic N) is 2. The first-order valence-corrected chi connectivity index (χ1v) is 9.92. The molecule has 1 saturated heterocycles. The van der Waals surface area contributed by atoms with Crippen LogP contribution < -0.4 is 5.73 Å². The molecule has 8 heteroatoms. The fourth-order valence-corrected chi connectivity index (χ4v) is 4.62. The summed E-state index contributed by atoms with van der Waals surface area (Å²) in [5.41, 5.74) is 6.15. The fraction of sp³-hybridized carbons (Fsp3) is 0.588. The van der Waals surface area contributed by atoms with Gasteiger partial charge in [0.05, 0.1) is 10.5 Å². The van der Waals surface area contributed by atoms with Crippen LogP contribution in [0.25, 0.3) is 0 Å². The van der Waals surface area contributed by atoms with Crippen LogP contribution in [0.4, 0.5) is 0 Å². The van der Waals surface area contributed by atoms with Gasteiger partial charge < -0.3 is 10.6 Å². The Kier molecular flexibility index (Phi) is 8.34. The standard InChI is InChI=1S/C17H27N3O3S.ClH/c1-3-4-11-19(2)17(21)15-9-5-6-10-16(15)24(22,23)20-12-7-8-14(18)13-20;/h5-6,9-10,14H,3-4,7-8,11-13,18H2,1-2H3;1H. The van der Waals surface area contributed by atoms with E-state index in [1.54, 1.807) is 30.1 Å². The van der Waals surface area contributed by atoms with Crippen LogP contribution in [-0.4, -0.2) is 56.3 Å². The summed E-state index contributed by atoms with van der Waals surface area (Å²) in [6.45, 7) is 3.41. The van der Waals surface area contributed by atoms with Crippen LogP contribution in [0.5, 0.6) is 0 Å². The number of halogens is 1. The van der Waals surface area contributed by atoms with Crippen molar-refractivity contribution >= 4 is 28.3 Å². The van der Waals surface area contributed by atoms with Gasteiger partial charge in [0, 0.05) is 32.7 Å². The van der Waals surface area contributed by atoms with Gasteiger partial charge in [-0.1, -0.05) is 25.5 Å². The SMILES string of the molecule is CCCCN(C)C(=O)c1ccccc1S(=O)(=O)N1CCCC(N)C1.Cl. The van der Waals surface area contributed by atoms with E-state index in [-0.39, 0.29) is 34.8 Å². The third kappa shape index (κ3) is 5.17. The van der Waals surface area contributed by atoms with Crippen LogP contribution in [0.1, 0.15) is 43.0 Å². The molecule has 1 aliphatic rings. The molecule has 0 aliphatic carbocycles. The van der Waals surface area contributed by atoms with E-state index in [1.807, 2.05) is 0 Å². The lowest BCUT2D eigenvalue weighted by atomic mass is 10.1. The molecule has 0 aromatic heterocycles. The second kappa shape index (κ2) is 9.52. The monoisotopic (exact) mass is 389 g/mol. The highest BCUT2D eigenvalue weighted by Gasteiger charge is 2.32. The van der Waals surface area contributed by atoms with E-state index in [0.717, 1.165) is 25.7 Å². The molecule has 2 N–H and O–H groups in total. The lowest BCUT2D eigenvalue weighted by Gasteiger charge is -2.30. The lowest BCUT2D eigenvalue weighted by Crippen LogP contribution is -2.46. The van der Waals surface area contributed by atoms with Gasteiger partial charge in [0.15, 0.2) is 0 Å². The molecular formula is C17H28ClN3O3S. The third-order valence-corrected chi connectivity index (χ3v) is 6.27. The Balaban J connectivity index is 0.00000312. The summed E-state index contributed by atoms with van der Waals surface area (Å²) < 4.78 is 27.4. The van der Waals surface area contributed by atoms with Gasteiger partial charge in [-0.2, -0.15) is 4.31 Å². The molecule has 1 aromatic carbocycles. The van der Waals surface area contributed by atoms with E-state index in [2.05, 4.69) is 6.92 Å². The normalized spacial score (nSPS) is 18.4. The van der Waals surface area contributed by atoms with Gasteiger partial charge in [-0.3, -0.25) is 4.79 Å². The average Bonchev–Trinajstić information content (AvgIpc) is 2.59. The van der Waals surface area contributed by atoms with Gasteiger partial charge in [-0.15, -0.1) is 12.4 Å². The first kappa shape index (κ1) is 21.9. The number of carbonyl (C=O) groups is 1. The second-order valence-electron chi connectivity index (χ2n) is 6.34.